The second kappa shape index (κ2) is 14.6. The predicted octanol–water partition coefficient (Wildman–Crippen LogP) is 5.92. The largest absolute Gasteiger partial charge is 0.376 e. The zero-order chi connectivity index (χ0) is 30.6. The van der Waals surface area contributed by atoms with Crippen LogP contribution < -0.4 is 10.6 Å². The van der Waals surface area contributed by atoms with Gasteiger partial charge in [-0.25, -0.2) is 8.42 Å². The number of fused-ring (bicyclic) bond motifs is 2. The van der Waals surface area contributed by atoms with Crippen LogP contribution in [0.25, 0.3) is 0 Å². The van der Waals surface area contributed by atoms with E-state index in [1.807, 2.05) is 16.4 Å². The number of Topliss-reactive ketones (excluding diaryl/α,β-unsaturated/α-hetero) is 1. The molecular formula is C34H54ClN3O4S. The molecule has 1 saturated carbocycles. The Balaban J connectivity index is 1.30. The number of sulfonamides is 1. The maximum Gasteiger partial charge on any atom is 0.214 e. The summed E-state index contributed by atoms with van der Waals surface area (Å²) in [5, 5.41) is 8.04. The molecule has 0 amide bonds. The summed E-state index contributed by atoms with van der Waals surface area (Å²) in [5.41, 5.74) is 0.968. The van der Waals surface area contributed by atoms with Gasteiger partial charge in [-0.3, -0.25) is 4.79 Å². The van der Waals surface area contributed by atoms with Crippen molar-refractivity contribution in [1.82, 2.24) is 14.9 Å². The summed E-state index contributed by atoms with van der Waals surface area (Å²) < 4.78 is 33.9. The third-order valence-corrected chi connectivity index (χ3v) is 12.9. The molecule has 4 fully saturated rings. The van der Waals surface area contributed by atoms with Gasteiger partial charge in [-0.05, 0) is 107 Å². The molecule has 2 N–H and O–H groups in total. The topological polar surface area (TPSA) is 87.7 Å². The molecule has 43 heavy (non-hydrogen) atoms. The van der Waals surface area contributed by atoms with E-state index in [0.29, 0.717) is 48.1 Å². The average Bonchev–Trinajstić information content (AvgIpc) is 3.36. The molecule has 4 aliphatic rings. The Bertz CT molecular complexity index is 1180. The number of hydrogen-bond acceptors (Lipinski definition) is 6. The Morgan fingerprint density at radius 1 is 1.12 bits per heavy atom. The summed E-state index contributed by atoms with van der Waals surface area (Å²) in [6, 6.07) is 8.20. The van der Waals surface area contributed by atoms with E-state index in [-0.39, 0.29) is 35.4 Å². The van der Waals surface area contributed by atoms with Crippen molar-refractivity contribution in [1.29, 1.82) is 0 Å². The second-order valence-corrected chi connectivity index (χ2v) is 16.8. The fourth-order valence-electron chi connectivity index (χ4n) is 8.55. The van der Waals surface area contributed by atoms with Gasteiger partial charge in [-0.2, -0.15) is 4.31 Å². The van der Waals surface area contributed by atoms with Gasteiger partial charge in [0.2, 0.25) is 10.0 Å². The number of piperazine rings is 1. The van der Waals surface area contributed by atoms with Crippen LogP contribution in [-0.2, 0) is 19.6 Å². The first-order chi connectivity index (χ1) is 20.6. The summed E-state index contributed by atoms with van der Waals surface area (Å²) in [7, 11) is -3.18. The molecule has 2 bridgehead atoms. The maximum atomic E-state index is 14.4. The standard InChI is InChI=1S/C34H54ClN3O4S/c1-4-17-36-33(32(25-10-13-28(35)14-11-25)27-16-18-42-34(2,3)21-27)31(39)20-26-8-5-7-24(26)12-15-30-22-37-29-9-6-19-43(40,41)38(30)23-29/h10-11,13-14,24,26-27,29-30,32-33,36-37H,4-9,12,15-23H2,1-3H3/t24-,26-,27?,29-,30+,32+,33-/m1/s1. The first-order valence-electron chi connectivity index (χ1n) is 16.9. The minimum atomic E-state index is -3.18. The van der Waals surface area contributed by atoms with Gasteiger partial charge in [0.15, 0.2) is 5.78 Å². The van der Waals surface area contributed by atoms with Crippen molar-refractivity contribution >= 4 is 27.4 Å². The molecule has 5 rings (SSSR count). The summed E-state index contributed by atoms with van der Waals surface area (Å²) >= 11 is 6.30. The van der Waals surface area contributed by atoms with E-state index in [4.69, 9.17) is 16.3 Å². The lowest BCUT2D eigenvalue weighted by molar-refractivity contribution is -0.124. The van der Waals surface area contributed by atoms with Crippen molar-refractivity contribution in [3.8, 4) is 0 Å². The number of ketones is 1. The Hall–Kier alpha value is -1.03. The summed E-state index contributed by atoms with van der Waals surface area (Å²) in [6.07, 6.45) is 10.3. The molecular weight excluding hydrogens is 582 g/mol. The molecule has 1 aromatic carbocycles. The highest BCUT2D eigenvalue weighted by molar-refractivity contribution is 7.89. The van der Waals surface area contributed by atoms with Gasteiger partial charge in [0.1, 0.15) is 0 Å². The monoisotopic (exact) mass is 635 g/mol. The normalized spacial score (nSPS) is 33.4. The van der Waals surface area contributed by atoms with Crippen molar-refractivity contribution in [3.05, 3.63) is 34.9 Å². The zero-order valence-electron chi connectivity index (χ0n) is 26.5. The number of ether oxygens (including phenoxy) is 1. The van der Waals surface area contributed by atoms with Crippen molar-refractivity contribution in [2.24, 2.45) is 17.8 Å². The van der Waals surface area contributed by atoms with E-state index in [0.717, 1.165) is 77.3 Å². The van der Waals surface area contributed by atoms with Crippen LogP contribution in [-0.4, -0.2) is 74.2 Å². The fourth-order valence-corrected chi connectivity index (χ4v) is 10.5. The quantitative estimate of drug-likeness (QED) is 0.297. The third-order valence-electron chi connectivity index (χ3n) is 10.7. The summed E-state index contributed by atoms with van der Waals surface area (Å²) in [6.45, 7) is 9.36. The van der Waals surface area contributed by atoms with Crippen LogP contribution in [0.1, 0.15) is 103 Å². The lowest BCUT2D eigenvalue weighted by Gasteiger charge is -2.42. The number of carbonyl (C=O) groups excluding carboxylic acids is 1. The van der Waals surface area contributed by atoms with Crippen molar-refractivity contribution in [3.63, 3.8) is 0 Å². The van der Waals surface area contributed by atoms with E-state index in [1.165, 1.54) is 5.56 Å². The summed E-state index contributed by atoms with van der Waals surface area (Å²) in [5.74, 6) is 1.83. The van der Waals surface area contributed by atoms with Gasteiger partial charge in [0.25, 0.3) is 0 Å². The van der Waals surface area contributed by atoms with Gasteiger partial charge in [-0.1, -0.05) is 43.5 Å². The highest BCUT2D eigenvalue weighted by Crippen LogP contribution is 2.43. The van der Waals surface area contributed by atoms with Gasteiger partial charge in [0, 0.05) is 49.1 Å². The predicted molar refractivity (Wildman–Crippen MR) is 174 cm³/mol. The summed E-state index contributed by atoms with van der Waals surface area (Å²) in [4.78, 5) is 14.4. The molecule has 7 nitrogen and oxygen atoms in total. The smallest absolute Gasteiger partial charge is 0.214 e. The molecule has 1 aliphatic carbocycles. The molecule has 0 aromatic heterocycles. The SMILES string of the molecule is CCCN[C@H](C(=O)C[C@H]1CCC[C@@H]1CC[C@H]1CN[C@@H]2CCCS(=O)(=O)N1C2)[C@@H](c1ccc(Cl)cc1)C1CCOC(C)(C)C1. The lowest BCUT2D eigenvalue weighted by atomic mass is 9.71. The highest BCUT2D eigenvalue weighted by atomic mass is 35.5. The molecule has 0 radical (unpaired) electrons. The maximum absolute atomic E-state index is 14.4. The first kappa shape index (κ1) is 33.3. The number of halogens is 1. The molecule has 2 unspecified atom stereocenters. The van der Waals surface area contributed by atoms with Crippen LogP contribution >= 0.6 is 11.6 Å². The van der Waals surface area contributed by atoms with E-state index < -0.39 is 10.0 Å². The minimum Gasteiger partial charge on any atom is -0.376 e. The highest BCUT2D eigenvalue weighted by Gasteiger charge is 2.42. The second-order valence-electron chi connectivity index (χ2n) is 14.4. The minimum absolute atomic E-state index is 0.0291. The molecule has 3 heterocycles. The number of benzene rings is 1. The molecule has 242 valence electrons. The van der Waals surface area contributed by atoms with Crippen LogP contribution in [0.5, 0.6) is 0 Å². The number of carbonyl (C=O) groups is 1. The Morgan fingerprint density at radius 2 is 1.88 bits per heavy atom. The molecule has 1 aromatic rings. The zero-order valence-corrected chi connectivity index (χ0v) is 28.1. The Labute approximate surface area is 265 Å². The molecule has 9 heteroatoms. The average molecular weight is 636 g/mol. The Kier molecular flexibility index (Phi) is 11.3. The number of nitrogens with one attached hydrogen (secondary N) is 2. The number of nitrogens with zero attached hydrogens (tertiary/aromatic N) is 1. The number of rotatable bonds is 12. The van der Waals surface area contributed by atoms with Crippen LogP contribution in [0.3, 0.4) is 0 Å². The van der Waals surface area contributed by atoms with Gasteiger partial charge in [0.05, 0.1) is 17.4 Å². The lowest BCUT2D eigenvalue weighted by Crippen LogP contribution is -2.57. The fraction of sp³-hybridized carbons (Fsp3) is 0.794. The van der Waals surface area contributed by atoms with E-state index in [1.54, 1.807) is 0 Å². The van der Waals surface area contributed by atoms with Crippen molar-refractivity contribution in [2.45, 2.75) is 121 Å². The van der Waals surface area contributed by atoms with E-state index in [9.17, 15) is 13.2 Å². The first-order valence-corrected chi connectivity index (χ1v) is 18.9. The van der Waals surface area contributed by atoms with E-state index >= 15 is 0 Å². The van der Waals surface area contributed by atoms with Crippen LogP contribution in [0.4, 0.5) is 0 Å². The van der Waals surface area contributed by atoms with Gasteiger partial charge in [-0.15, -0.1) is 0 Å². The molecule has 8 atom stereocenters. The third kappa shape index (κ3) is 8.42. The molecule has 3 aliphatic heterocycles. The number of hydrogen-bond donors (Lipinski definition) is 2. The van der Waals surface area contributed by atoms with Crippen LogP contribution in [0.15, 0.2) is 24.3 Å². The van der Waals surface area contributed by atoms with Crippen LogP contribution in [0.2, 0.25) is 5.02 Å². The van der Waals surface area contributed by atoms with Gasteiger partial charge >= 0.3 is 0 Å². The van der Waals surface area contributed by atoms with Gasteiger partial charge < -0.3 is 15.4 Å². The van der Waals surface area contributed by atoms with Crippen molar-refractivity contribution < 1.29 is 17.9 Å². The molecule has 3 saturated heterocycles. The van der Waals surface area contributed by atoms with Crippen LogP contribution in [0, 0.1) is 17.8 Å². The van der Waals surface area contributed by atoms with E-state index in [2.05, 4.69) is 43.5 Å². The molecule has 0 spiro atoms. The van der Waals surface area contributed by atoms with Crippen molar-refractivity contribution in [2.75, 3.05) is 32.0 Å². The Morgan fingerprint density at radius 3 is 2.63 bits per heavy atom.